The Hall–Kier alpha value is -4.53. The molecule has 2 aliphatic carbocycles. The highest BCUT2D eigenvalue weighted by Gasteiger charge is 2.77. The number of amides is 4. The van der Waals surface area contributed by atoms with Crippen molar-refractivity contribution in [1.82, 2.24) is 0 Å². The van der Waals surface area contributed by atoms with E-state index in [1.165, 1.54) is 25.1 Å². The fourth-order valence-corrected chi connectivity index (χ4v) is 9.62. The van der Waals surface area contributed by atoms with E-state index in [2.05, 4.69) is 4.90 Å². The Morgan fingerprint density at radius 3 is 2.00 bits per heavy atom. The molecule has 8 rings (SSSR count). The van der Waals surface area contributed by atoms with E-state index >= 15 is 8.78 Å². The number of hydrogen-bond acceptors (Lipinski definition) is 7. The van der Waals surface area contributed by atoms with Crippen LogP contribution in [0.25, 0.3) is 0 Å². The topological polar surface area (TPSA) is 107 Å². The SMILES string of the molecule is Cc1cc([C@H]2C3=CC[C@@H]4C(=O)N(c5ccc(N6CCOCC6)cc5)C(=O)[C@@H]4[C@@H]3C[C@@]3(Cl)C(=O)N(c4c(F)c(F)c(F)c(F)c4F)C(=O)[C@@]23Cl)ccc1O. The van der Waals surface area contributed by atoms with Crippen molar-refractivity contribution < 1.29 is 51.0 Å². The Balaban J connectivity index is 1.24. The fourth-order valence-electron chi connectivity index (χ4n) is 8.69. The number of ether oxygens (including phenoxy) is 1. The summed E-state index contributed by atoms with van der Waals surface area (Å²) in [5.74, 6) is -21.2. The Kier molecular flexibility index (Phi) is 8.21. The second-order valence-corrected chi connectivity index (χ2v) is 15.1. The lowest BCUT2D eigenvalue weighted by Gasteiger charge is -2.50. The molecule has 3 aliphatic heterocycles. The van der Waals surface area contributed by atoms with Crippen LogP contribution in [0.4, 0.5) is 39.0 Å². The van der Waals surface area contributed by atoms with Crippen molar-refractivity contribution in [3.05, 3.63) is 94.3 Å². The van der Waals surface area contributed by atoms with Gasteiger partial charge in [0, 0.05) is 24.7 Å². The van der Waals surface area contributed by atoms with Crippen molar-refractivity contribution in [2.75, 3.05) is 41.0 Å². The van der Waals surface area contributed by atoms with Gasteiger partial charge in [0.2, 0.25) is 17.6 Å². The molecule has 0 spiro atoms. The van der Waals surface area contributed by atoms with Gasteiger partial charge in [0.05, 0.1) is 30.7 Å². The van der Waals surface area contributed by atoms with E-state index in [0.29, 0.717) is 43.1 Å². The summed E-state index contributed by atoms with van der Waals surface area (Å²) in [5, 5.41) is 10.3. The Morgan fingerprint density at radius 1 is 0.774 bits per heavy atom. The monoisotopic (exact) mass is 775 g/mol. The van der Waals surface area contributed by atoms with Crippen LogP contribution in [0.15, 0.2) is 54.1 Å². The number of morpholine rings is 1. The maximum absolute atomic E-state index is 15.3. The third kappa shape index (κ3) is 4.77. The summed E-state index contributed by atoms with van der Waals surface area (Å²) in [4.78, 5) is 54.8. The Labute approximate surface area is 308 Å². The third-order valence-corrected chi connectivity index (χ3v) is 12.7. The van der Waals surface area contributed by atoms with Crippen LogP contribution in [-0.4, -0.2) is 64.8 Å². The Morgan fingerprint density at radius 2 is 1.38 bits per heavy atom. The molecule has 6 atom stereocenters. The number of imide groups is 2. The number of fused-ring (bicyclic) bond motifs is 4. The van der Waals surface area contributed by atoms with E-state index < -0.39 is 98.2 Å². The van der Waals surface area contributed by atoms with E-state index in [0.717, 1.165) is 10.6 Å². The molecule has 0 aromatic heterocycles. The van der Waals surface area contributed by atoms with Gasteiger partial charge >= 0.3 is 0 Å². The highest BCUT2D eigenvalue weighted by molar-refractivity contribution is 6.58. The number of phenols is 1. The number of alkyl halides is 2. The average molecular weight is 777 g/mol. The zero-order chi connectivity index (χ0) is 37.9. The predicted molar refractivity (Wildman–Crippen MR) is 181 cm³/mol. The number of aryl methyl sites for hydroxylation is 1. The molecule has 3 aromatic rings. The van der Waals surface area contributed by atoms with Crippen LogP contribution in [0, 0.1) is 53.8 Å². The molecule has 9 nitrogen and oxygen atoms in total. The van der Waals surface area contributed by atoms with Crippen molar-refractivity contribution in [3.63, 3.8) is 0 Å². The summed E-state index contributed by atoms with van der Waals surface area (Å²) in [6.45, 7) is 3.95. The van der Waals surface area contributed by atoms with Gasteiger partial charge in [0.1, 0.15) is 11.4 Å². The molecule has 1 saturated carbocycles. The minimum atomic E-state index is -2.65. The van der Waals surface area contributed by atoms with Crippen molar-refractivity contribution in [2.45, 2.75) is 35.4 Å². The highest BCUT2D eigenvalue weighted by atomic mass is 35.5. The van der Waals surface area contributed by atoms with Gasteiger partial charge < -0.3 is 14.7 Å². The van der Waals surface area contributed by atoms with E-state index in [4.69, 9.17) is 27.9 Å². The summed E-state index contributed by atoms with van der Waals surface area (Å²) < 4.78 is 78.9. The maximum Gasteiger partial charge on any atom is 0.258 e. The predicted octanol–water partition coefficient (Wildman–Crippen LogP) is 6.00. The first-order valence-corrected chi connectivity index (χ1v) is 17.5. The van der Waals surface area contributed by atoms with Crippen LogP contribution in [0.2, 0.25) is 0 Å². The van der Waals surface area contributed by atoms with Gasteiger partial charge in [-0.3, -0.25) is 24.1 Å². The number of phenolic OH excluding ortho intramolecular Hbond substituents is 1. The third-order valence-electron chi connectivity index (χ3n) is 11.3. The van der Waals surface area contributed by atoms with Crippen LogP contribution in [0.3, 0.4) is 0 Å². The van der Waals surface area contributed by atoms with Gasteiger partial charge in [-0.05, 0) is 67.1 Å². The van der Waals surface area contributed by atoms with E-state index in [9.17, 15) is 37.5 Å². The van der Waals surface area contributed by atoms with Crippen molar-refractivity contribution in [2.24, 2.45) is 17.8 Å². The number of benzene rings is 3. The number of halogens is 7. The molecular formula is C37H28Cl2F5N3O6. The summed E-state index contributed by atoms with van der Waals surface area (Å²) in [5.41, 5.74) is 0.122. The second-order valence-electron chi connectivity index (χ2n) is 13.9. The molecule has 0 radical (unpaired) electrons. The zero-order valence-electron chi connectivity index (χ0n) is 27.6. The summed E-state index contributed by atoms with van der Waals surface area (Å²) >= 11 is 14.3. The molecule has 0 bridgehead atoms. The van der Waals surface area contributed by atoms with Gasteiger partial charge in [-0.15, -0.1) is 23.2 Å². The van der Waals surface area contributed by atoms with Crippen LogP contribution in [-0.2, 0) is 23.9 Å². The first-order chi connectivity index (χ1) is 25.1. The lowest BCUT2D eigenvalue weighted by atomic mass is 9.56. The molecule has 53 heavy (non-hydrogen) atoms. The lowest BCUT2D eigenvalue weighted by molar-refractivity contribution is -0.125. The molecule has 16 heteroatoms. The van der Waals surface area contributed by atoms with Crippen LogP contribution >= 0.6 is 23.2 Å². The summed E-state index contributed by atoms with van der Waals surface area (Å²) in [6, 6.07) is 11.0. The summed E-state index contributed by atoms with van der Waals surface area (Å²) in [7, 11) is 0. The minimum Gasteiger partial charge on any atom is -0.508 e. The largest absolute Gasteiger partial charge is 0.508 e. The molecule has 0 unspecified atom stereocenters. The number of rotatable bonds is 4. The first-order valence-electron chi connectivity index (χ1n) is 16.7. The van der Waals surface area contributed by atoms with Crippen LogP contribution in [0.5, 0.6) is 5.75 Å². The maximum atomic E-state index is 15.3. The fraction of sp³-hybridized carbons (Fsp3) is 0.351. The van der Waals surface area contributed by atoms with Gasteiger partial charge in [-0.1, -0.05) is 23.8 Å². The van der Waals surface area contributed by atoms with Crippen molar-refractivity contribution in [1.29, 1.82) is 0 Å². The number of hydrogen-bond donors (Lipinski definition) is 1. The lowest BCUT2D eigenvalue weighted by Crippen LogP contribution is -2.60. The average Bonchev–Trinajstić information content (AvgIpc) is 3.49. The number of aromatic hydroxyl groups is 1. The zero-order valence-corrected chi connectivity index (χ0v) is 29.2. The standard InChI is InChI=1S/C37H28Cl2F5N3O6/c1-16-14-17(2-9-23(16)48)25-20-7-8-21-24(33(50)46(32(21)49)19-5-3-18(4-6-19)45-10-12-53-13-11-45)22(20)15-36(38)34(51)47(35(52)37(25,36)39)31-29(43)27(41)26(40)28(42)30(31)44/h2-7,9,14,21-22,24-25,48H,8,10-13,15H2,1H3/t21-,22+,24-,25-,36+,37-/m0/s1. The first kappa shape index (κ1) is 35.5. The van der Waals surface area contributed by atoms with E-state index in [1.807, 2.05) is 0 Å². The second kappa shape index (κ2) is 12.3. The molecule has 3 saturated heterocycles. The van der Waals surface area contributed by atoms with Gasteiger partial charge in [0.25, 0.3) is 11.8 Å². The molecule has 3 heterocycles. The van der Waals surface area contributed by atoms with Gasteiger partial charge in [-0.2, -0.15) is 0 Å². The Bertz CT molecular complexity index is 2150. The number of allylic oxidation sites excluding steroid dienone is 2. The number of anilines is 3. The van der Waals surface area contributed by atoms with Crippen LogP contribution in [0.1, 0.15) is 29.9 Å². The highest BCUT2D eigenvalue weighted by Crippen LogP contribution is 2.66. The quantitative estimate of drug-likeness (QED) is 0.0866. The molecule has 4 fully saturated rings. The van der Waals surface area contributed by atoms with Gasteiger partial charge in [-0.25, -0.2) is 26.9 Å². The number of carbonyl (C=O) groups is 4. The molecular weight excluding hydrogens is 748 g/mol. The number of carbonyl (C=O) groups excluding carboxylic acids is 4. The van der Waals surface area contributed by atoms with Gasteiger partial charge in [0.15, 0.2) is 33.0 Å². The van der Waals surface area contributed by atoms with E-state index in [1.54, 1.807) is 30.3 Å². The molecule has 5 aliphatic rings. The van der Waals surface area contributed by atoms with Crippen LogP contribution < -0.4 is 14.7 Å². The molecule has 3 aromatic carbocycles. The number of nitrogens with zero attached hydrogens (tertiary/aromatic N) is 3. The normalized spacial score (nSPS) is 29.7. The van der Waals surface area contributed by atoms with Crippen molar-refractivity contribution >= 4 is 63.9 Å². The molecule has 4 amide bonds. The minimum absolute atomic E-state index is 0.00273. The smallest absolute Gasteiger partial charge is 0.258 e. The van der Waals surface area contributed by atoms with Crippen molar-refractivity contribution in [3.8, 4) is 5.75 Å². The van der Waals surface area contributed by atoms with E-state index in [-0.39, 0.29) is 22.6 Å². The summed E-state index contributed by atoms with van der Waals surface area (Å²) in [6.07, 6.45) is 1.01. The molecule has 1 N–H and O–H groups in total. The molecule has 276 valence electrons.